The lowest BCUT2D eigenvalue weighted by Gasteiger charge is -2.31. The summed E-state index contributed by atoms with van der Waals surface area (Å²) in [6.07, 6.45) is 4.20. The predicted octanol–water partition coefficient (Wildman–Crippen LogP) is 1.33. The number of sulfonamides is 1. The van der Waals surface area contributed by atoms with Crippen molar-refractivity contribution in [2.24, 2.45) is 11.7 Å². The fourth-order valence-electron chi connectivity index (χ4n) is 2.62. The van der Waals surface area contributed by atoms with Crippen molar-refractivity contribution < 1.29 is 13.2 Å². The Labute approximate surface area is 141 Å². The van der Waals surface area contributed by atoms with E-state index in [0.717, 1.165) is 37.0 Å². The van der Waals surface area contributed by atoms with E-state index in [1.165, 1.54) is 18.5 Å². The molecule has 6 nitrogen and oxygen atoms in total. The molecule has 1 aromatic heterocycles. The second-order valence-electron chi connectivity index (χ2n) is 5.21. The van der Waals surface area contributed by atoms with Crippen LogP contribution >= 0.6 is 23.7 Å². The summed E-state index contributed by atoms with van der Waals surface area (Å²) in [7, 11) is -2.15. The van der Waals surface area contributed by atoms with Crippen molar-refractivity contribution in [2.75, 3.05) is 13.6 Å². The summed E-state index contributed by atoms with van der Waals surface area (Å²) in [6.45, 7) is 0.564. The van der Waals surface area contributed by atoms with Crippen LogP contribution in [0, 0.1) is 5.92 Å². The first-order valence-electron chi connectivity index (χ1n) is 7.01. The molecule has 1 saturated carbocycles. The molecule has 0 bridgehead atoms. The van der Waals surface area contributed by atoms with E-state index in [1.807, 2.05) is 0 Å². The van der Waals surface area contributed by atoms with Gasteiger partial charge >= 0.3 is 0 Å². The van der Waals surface area contributed by atoms with Gasteiger partial charge in [-0.2, -0.15) is 0 Å². The minimum Gasteiger partial charge on any atom is -0.348 e. The van der Waals surface area contributed by atoms with Crippen molar-refractivity contribution in [3.63, 3.8) is 0 Å². The van der Waals surface area contributed by atoms with Crippen LogP contribution in [-0.4, -0.2) is 34.0 Å². The highest BCUT2D eigenvalue weighted by Gasteiger charge is 2.26. The van der Waals surface area contributed by atoms with Crippen molar-refractivity contribution in [1.82, 2.24) is 10.0 Å². The van der Waals surface area contributed by atoms with Crippen LogP contribution < -0.4 is 15.8 Å². The third-order valence-electron chi connectivity index (χ3n) is 3.91. The van der Waals surface area contributed by atoms with Crippen LogP contribution in [0.25, 0.3) is 0 Å². The molecule has 0 radical (unpaired) electrons. The van der Waals surface area contributed by atoms with Gasteiger partial charge in [-0.3, -0.25) is 4.79 Å². The van der Waals surface area contributed by atoms with Gasteiger partial charge in [-0.05, 0) is 38.4 Å². The van der Waals surface area contributed by atoms with Gasteiger partial charge in [0, 0.05) is 11.4 Å². The molecular formula is C13H22ClN3O3S2. The largest absolute Gasteiger partial charge is 0.348 e. The van der Waals surface area contributed by atoms with Crippen molar-refractivity contribution in [3.8, 4) is 0 Å². The standard InChI is InChI=1S/C13H21N3O3S2.ClH/c1-15-21(18,19)10-6-12(20-8-10)13(17)16-11-5-3-2-4-9(11)7-14;/h6,8-9,11,15H,2-5,7,14H2,1H3,(H,16,17);1H. The SMILES string of the molecule is CNS(=O)(=O)c1csc(C(=O)NC2CCCCC2CN)c1.Cl. The van der Waals surface area contributed by atoms with Crippen LogP contribution in [0.1, 0.15) is 35.4 Å². The first kappa shape index (κ1) is 19.4. The third kappa shape index (κ3) is 4.42. The highest BCUT2D eigenvalue weighted by Crippen LogP contribution is 2.25. The van der Waals surface area contributed by atoms with Crippen molar-refractivity contribution >= 4 is 39.7 Å². The topological polar surface area (TPSA) is 101 Å². The summed E-state index contributed by atoms with van der Waals surface area (Å²) in [5.74, 6) is 0.0890. The molecule has 1 aliphatic rings. The lowest BCUT2D eigenvalue weighted by Crippen LogP contribution is -2.44. The summed E-state index contributed by atoms with van der Waals surface area (Å²) < 4.78 is 25.6. The van der Waals surface area contributed by atoms with E-state index in [1.54, 1.807) is 0 Å². The predicted molar refractivity (Wildman–Crippen MR) is 90.1 cm³/mol. The van der Waals surface area contributed by atoms with Gasteiger partial charge < -0.3 is 11.1 Å². The third-order valence-corrected chi connectivity index (χ3v) is 6.38. The zero-order chi connectivity index (χ0) is 15.5. The zero-order valence-corrected chi connectivity index (χ0v) is 14.8. The average molecular weight is 368 g/mol. The van der Waals surface area contributed by atoms with Crippen molar-refractivity contribution in [2.45, 2.75) is 36.6 Å². The number of rotatable bonds is 5. The van der Waals surface area contributed by atoms with Gasteiger partial charge in [-0.25, -0.2) is 13.1 Å². The summed E-state index contributed by atoms with van der Waals surface area (Å²) >= 11 is 1.13. The maximum absolute atomic E-state index is 12.2. The quantitative estimate of drug-likeness (QED) is 0.730. The Bertz CT molecular complexity index is 603. The Morgan fingerprint density at radius 3 is 2.73 bits per heavy atom. The van der Waals surface area contributed by atoms with Gasteiger partial charge in [-0.15, -0.1) is 23.7 Å². The molecule has 1 amide bonds. The van der Waals surface area contributed by atoms with Gasteiger partial charge in [0.1, 0.15) is 0 Å². The number of hydrogen-bond donors (Lipinski definition) is 3. The molecule has 1 aromatic rings. The molecule has 2 rings (SSSR count). The minimum atomic E-state index is -3.50. The average Bonchev–Trinajstić information content (AvgIpc) is 2.98. The molecule has 22 heavy (non-hydrogen) atoms. The molecular weight excluding hydrogens is 346 g/mol. The van der Waals surface area contributed by atoms with Gasteiger partial charge in [0.15, 0.2) is 0 Å². The second-order valence-corrected chi connectivity index (χ2v) is 8.01. The van der Waals surface area contributed by atoms with E-state index in [4.69, 9.17) is 5.73 Å². The number of carbonyl (C=O) groups is 1. The summed E-state index contributed by atoms with van der Waals surface area (Å²) in [6, 6.07) is 1.49. The maximum Gasteiger partial charge on any atom is 0.261 e. The summed E-state index contributed by atoms with van der Waals surface area (Å²) in [4.78, 5) is 12.8. The molecule has 2 unspecified atom stereocenters. The van der Waals surface area contributed by atoms with Crippen LogP contribution in [0.4, 0.5) is 0 Å². The molecule has 0 aromatic carbocycles. The molecule has 4 N–H and O–H groups in total. The monoisotopic (exact) mass is 367 g/mol. The first-order valence-corrected chi connectivity index (χ1v) is 9.37. The van der Waals surface area contributed by atoms with Gasteiger partial charge in [0.25, 0.3) is 5.91 Å². The number of nitrogens with one attached hydrogen (secondary N) is 2. The Morgan fingerprint density at radius 1 is 1.41 bits per heavy atom. The van der Waals surface area contributed by atoms with Gasteiger partial charge in [0.2, 0.25) is 10.0 Å². The molecule has 0 saturated heterocycles. The van der Waals surface area contributed by atoms with E-state index in [0.29, 0.717) is 17.3 Å². The van der Waals surface area contributed by atoms with Crippen LogP contribution in [0.5, 0.6) is 0 Å². The van der Waals surface area contributed by atoms with E-state index >= 15 is 0 Å². The molecule has 1 heterocycles. The minimum absolute atomic E-state index is 0. The molecule has 9 heteroatoms. The van der Waals surface area contributed by atoms with Crippen LogP contribution in [0.15, 0.2) is 16.3 Å². The Morgan fingerprint density at radius 2 is 2.09 bits per heavy atom. The van der Waals surface area contributed by atoms with Gasteiger partial charge in [-0.1, -0.05) is 12.8 Å². The van der Waals surface area contributed by atoms with Crippen LogP contribution in [0.2, 0.25) is 0 Å². The second kappa shape index (κ2) is 8.26. The first-order chi connectivity index (χ1) is 9.97. The van der Waals surface area contributed by atoms with Gasteiger partial charge in [0.05, 0.1) is 9.77 Å². The molecule has 0 spiro atoms. The van der Waals surface area contributed by atoms with Crippen LogP contribution in [-0.2, 0) is 10.0 Å². The smallest absolute Gasteiger partial charge is 0.261 e. The number of carbonyl (C=O) groups excluding carboxylic acids is 1. The zero-order valence-electron chi connectivity index (χ0n) is 12.4. The van der Waals surface area contributed by atoms with E-state index < -0.39 is 10.0 Å². The van der Waals surface area contributed by atoms with Crippen molar-refractivity contribution in [3.05, 3.63) is 16.3 Å². The van der Waals surface area contributed by atoms with Crippen LogP contribution in [0.3, 0.4) is 0 Å². The molecule has 1 aliphatic carbocycles. The maximum atomic E-state index is 12.2. The summed E-state index contributed by atoms with van der Waals surface area (Å²) in [5, 5.41) is 4.47. The number of halogens is 1. The molecule has 126 valence electrons. The lowest BCUT2D eigenvalue weighted by atomic mass is 9.84. The fraction of sp³-hybridized carbons (Fsp3) is 0.615. The Balaban J connectivity index is 0.00000242. The van der Waals surface area contributed by atoms with E-state index in [9.17, 15) is 13.2 Å². The fourth-order valence-corrected chi connectivity index (χ4v) is 4.52. The van der Waals surface area contributed by atoms with E-state index in [-0.39, 0.29) is 29.3 Å². The lowest BCUT2D eigenvalue weighted by molar-refractivity contribution is 0.0912. The van der Waals surface area contributed by atoms with Crippen molar-refractivity contribution in [1.29, 1.82) is 0 Å². The Kier molecular flexibility index (Phi) is 7.27. The normalized spacial score (nSPS) is 21.9. The summed E-state index contributed by atoms with van der Waals surface area (Å²) in [5.41, 5.74) is 5.75. The number of nitrogens with two attached hydrogens (primary N) is 1. The van der Waals surface area contributed by atoms with E-state index in [2.05, 4.69) is 10.0 Å². The number of hydrogen-bond acceptors (Lipinski definition) is 5. The molecule has 0 aliphatic heterocycles. The number of thiophene rings is 1. The highest BCUT2D eigenvalue weighted by atomic mass is 35.5. The molecule has 2 atom stereocenters. The highest BCUT2D eigenvalue weighted by molar-refractivity contribution is 7.89. The number of amides is 1. The Hall–Kier alpha value is -0.670. The molecule has 1 fully saturated rings.